The SMILES string of the molecule is [C-]#CCCCC.[C-]#[N+]CCCC.[C-]#[N+]CCCC.[CH3-].[Mn]. The molecule has 3 heteroatoms. The molecule has 0 aliphatic rings. The first-order valence-corrected chi connectivity index (χ1v) is 6.80. The molecule has 0 aliphatic carbocycles. The number of rotatable bonds is 6. The molecule has 0 saturated carbocycles. The first-order valence-electron chi connectivity index (χ1n) is 6.80. The van der Waals surface area contributed by atoms with Crippen LogP contribution < -0.4 is 0 Å². The summed E-state index contributed by atoms with van der Waals surface area (Å²) in [6.07, 6.45) is 14.0. The molecule has 0 atom stereocenters. The largest absolute Gasteiger partial charge is 0.694 e. The molecule has 0 aromatic rings. The number of unbranched alkanes of at least 4 members (excludes halogenated alkanes) is 4. The fourth-order valence-corrected chi connectivity index (χ4v) is 0.740. The molecule has 0 aromatic heterocycles. The van der Waals surface area contributed by atoms with Crippen LogP contribution in [0.4, 0.5) is 0 Å². The Morgan fingerprint density at radius 1 is 0.800 bits per heavy atom. The zero-order chi connectivity index (χ0) is 14.5. The van der Waals surface area contributed by atoms with E-state index in [1.54, 1.807) is 0 Å². The van der Waals surface area contributed by atoms with Gasteiger partial charge in [-0.15, -0.1) is 0 Å². The molecule has 0 unspecified atom stereocenters. The molecule has 0 N–H and O–H groups in total. The molecule has 0 bridgehead atoms. The van der Waals surface area contributed by atoms with E-state index >= 15 is 0 Å². The van der Waals surface area contributed by atoms with Gasteiger partial charge in [0, 0.05) is 29.9 Å². The van der Waals surface area contributed by atoms with E-state index in [2.05, 4.69) is 36.4 Å². The second-order valence-corrected chi connectivity index (χ2v) is 3.75. The maximum absolute atomic E-state index is 6.46. The van der Waals surface area contributed by atoms with Gasteiger partial charge in [-0.2, -0.15) is 0 Å². The maximum atomic E-state index is 6.46. The average molecular weight is 317 g/mol. The first kappa shape index (κ1) is 31.4. The molecule has 0 rings (SSSR count). The summed E-state index contributed by atoms with van der Waals surface area (Å²) in [6.45, 7) is 20.4. The Bertz CT molecular complexity index is 200. The van der Waals surface area contributed by atoms with Crippen molar-refractivity contribution in [3.05, 3.63) is 36.7 Å². The van der Waals surface area contributed by atoms with E-state index in [1.807, 2.05) is 0 Å². The molecular weight excluding hydrogens is 287 g/mol. The third-order valence-electron chi connectivity index (χ3n) is 1.90. The van der Waals surface area contributed by atoms with Crippen molar-refractivity contribution >= 4 is 0 Å². The van der Waals surface area contributed by atoms with Crippen molar-refractivity contribution in [2.75, 3.05) is 13.1 Å². The van der Waals surface area contributed by atoms with Crippen molar-refractivity contribution in [1.29, 1.82) is 0 Å². The molecule has 117 valence electrons. The molecule has 0 fully saturated rings. The van der Waals surface area contributed by atoms with Gasteiger partial charge in [-0.05, 0) is 25.7 Å². The number of hydrogen-bond acceptors (Lipinski definition) is 0. The molecule has 0 amide bonds. The molecule has 0 spiro atoms. The van der Waals surface area contributed by atoms with E-state index in [0.717, 1.165) is 38.5 Å². The summed E-state index contributed by atoms with van der Waals surface area (Å²) in [6, 6.07) is 0. The molecule has 0 aromatic carbocycles. The summed E-state index contributed by atoms with van der Waals surface area (Å²) in [7, 11) is 0. The van der Waals surface area contributed by atoms with Gasteiger partial charge in [0.1, 0.15) is 0 Å². The van der Waals surface area contributed by atoms with E-state index in [4.69, 9.17) is 19.6 Å². The van der Waals surface area contributed by atoms with Crippen LogP contribution in [0.1, 0.15) is 65.7 Å². The Kier molecular flexibility index (Phi) is 67.6. The third kappa shape index (κ3) is 67.7. The first-order chi connectivity index (χ1) is 8.74. The molecule has 1 radical (unpaired) electrons. The van der Waals surface area contributed by atoms with Crippen molar-refractivity contribution < 1.29 is 17.1 Å². The fourth-order valence-electron chi connectivity index (χ4n) is 0.740. The molecule has 2 nitrogen and oxygen atoms in total. The van der Waals surface area contributed by atoms with E-state index < -0.39 is 0 Å². The Morgan fingerprint density at radius 2 is 1.15 bits per heavy atom. The van der Waals surface area contributed by atoms with Crippen LogP contribution in [-0.2, 0) is 17.1 Å². The molecular formula is C17H30MnN2-2. The minimum atomic E-state index is 0. The number of hydrogen-bond donors (Lipinski definition) is 0. The van der Waals surface area contributed by atoms with Crippen LogP contribution in [0.2, 0.25) is 0 Å². The van der Waals surface area contributed by atoms with Crippen LogP contribution in [0.3, 0.4) is 0 Å². The van der Waals surface area contributed by atoms with Gasteiger partial charge < -0.3 is 29.5 Å². The van der Waals surface area contributed by atoms with E-state index in [-0.39, 0.29) is 24.5 Å². The molecule has 0 heterocycles. The summed E-state index contributed by atoms with van der Waals surface area (Å²) < 4.78 is 0. The zero-order valence-electron chi connectivity index (χ0n) is 13.6. The zero-order valence-corrected chi connectivity index (χ0v) is 14.8. The van der Waals surface area contributed by atoms with Crippen LogP contribution in [0, 0.1) is 32.9 Å². The van der Waals surface area contributed by atoms with Crippen molar-refractivity contribution in [3.8, 4) is 5.92 Å². The Balaban J connectivity index is -0.0000000536. The van der Waals surface area contributed by atoms with Gasteiger partial charge in [0.25, 0.3) is 0 Å². The van der Waals surface area contributed by atoms with Gasteiger partial charge in [0.05, 0.1) is 0 Å². The Labute approximate surface area is 138 Å². The summed E-state index contributed by atoms with van der Waals surface area (Å²) >= 11 is 0. The third-order valence-corrected chi connectivity index (χ3v) is 1.90. The monoisotopic (exact) mass is 317 g/mol. The van der Waals surface area contributed by atoms with Crippen molar-refractivity contribution in [1.82, 2.24) is 0 Å². The molecule has 0 aliphatic heterocycles. The van der Waals surface area contributed by atoms with Crippen LogP contribution in [0.25, 0.3) is 9.69 Å². The predicted octanol–water partition coefficient (Wildman–Crippen LogP) is 5.63. The summed E-state index contributed by atoms with van der Waals surface area (Å²) in [5, 5.41) is 0. The van der Waals surface area contributed by atoms with Gasteiger partial charge in [-0.1, -0.05) is 27.2 Å². The topological polar surface area (TPSA) is 8.72 Å². The fraction of sp³-hybridized carbons (Fsp3) is 0.706. The smallest absolute Gasteiger partial charge is 0.214 e. The van der Waals surface area contributed by atoms with Crippen LogP contribution in [0.5, 0.6) is 0 Å². The van der Waals surface area contributed by atoms with Crippen molar-refractivity contribution in [2.24, 2.45) is 0 Å². The van der Waals surface area contributed by atoms with E-state index in [0.29, 0.717) is 13.1 Å². The Morgan fingerprint density at radius 3 is 1.25 bits per heavy atom. The normalized spacial score (nSPS) is 6.60. The standard InChI is InChI=1S/C6H9.2C5H9N.CH3.Mn/c1-3-5-6-4-2;2*1-3-4-5-6-2;;/h3,5-6H2,1H3;2*3-5H2,1H3;1H3;/q-1;;;-1;. The van der Waals surface area contributed by atoms with Crippen LogP contribution >= 0.6 is 0 Å². The van der Waals surface area contributed by atoms with Gasteiger partial charge in [0.15, 0.2) is 0 Å². The minimum absolute atomic E-state index is 0. The van der Waals surface area contributed by atoms with Crippen molar-refractivity contribution in [3.63, 3.8) is 0 Å². The summed E-state index contributed by atoms with van der Waals surface area (Å²) in [5.41, 5.74) is 0. The van der Waals surface area contributed by atoms with Gasteiger partial charge in [-0.25, -0.2) is 13.1 Å². The van der Waals surface area contributed by atoms with Gasteiger partial charge >= 0.3 is 0 Å². The molecule has 20 heavy (non-hydrogen) atoms. The summed E-state index contributed by atoms with van der Waals surface area (Å²) in [4.78, 5) is 6.35. The van der Waals surface area contributed by atoms with E-state index in [9.17, 15) is 0 Å². The van der Waals surface area contributed by atoms with Crippen molar-refractivity contribution in [2.45, 2.75) is 65.7 Å². The van der Waals surface area contributed by atoms with Crippen LogP contribution in [0.15, 0.2) is 0 Å². The quantitative estimate of drug-likeness (QED) is 0.260. The maximum Gasteiger partial charge on any atom is 0.214 e. The second-order valence-electron chi connectivity index (χ2n) is 3.75. The second kappa shape index (κ2) is 43.0. The average Bonchev–Trinajstić information content (AvgIpc) is 2.42. The number of nitrogens with zero attached hydrogens (tertiary/aromatic N) is 2. The van der Waals surface area contributed by atoms with Gasteiger partial charge in [-0.3, -0.25) is 0 Å². The van der Waals surface area contributed by atoms with Gasteiger partial charge in [0.2, 0.25) is 13.1 Å². The Hall–Kier alpha value is -0.941. The predicted molar refractivity (Wildman–Crippen MR) is 85.8 cm³/mol. The summed E-state index contributed by atoms with van der Waals surface area (Å²) in [5.74, 6) is 2.32. The van der Waals surface area contributed by atoms with E-state index in [1.165, 1.54) is 6.42 Å². The minimum Gasteiger partial charge on any atom is -0.694 e. The van der Waals surface area contributed by atoms with Crippen LogP contribution in [-0.4, -0.2) is 13.1 Å². The molecule has 0 saturated heterocycles.